The van der Waals surface area contributed by atoms with Gasteiger partial charge in [-0.2, -0.15) is 0 Å². The molecule has 0 aliphatic carbocycles. The van der Waals surface area contributed by atoms with E-state index < -0.39 is 0 Å². The van der Waals surface area contributed by atoms with Crippen LogP contribution in [0.5, 0.6) is 0 Å². The minimum atomic E-state index is -0.334. The lowest BCUT2D eigenvalue weighted by atomic mass is 10.0. The van der Waals surface area contributed by atoms with Gasteiger partial charge in [0.2, 0.25) is 0 Å². The van der Waals surface area contributed by atoms with Crippen LogP contribution in [0, 0.1) is 10.1 Å². The van der Waals surface area contributed by atoms with Crippen molar-refractivity contribution in [1.29, 1.82) is 0 Å². The zero-order valence-corrected chi connectivity index (χ0v) is 10.6. The van der Waals surface area contributed by atoms with Crippen molar-refractivity contribution in [2.24, 2.45) is 0 Å². The number of nitro groups is 1. The molecule has 5 nitrogen and oxygen atoms in total. The van der Waals surface area contributed by atoms with Crippen LogP contribution < -0.4 is 5.32 Å². The monoisotopic (exact) mass is 249 g/mol. The van der Waals surface area contributed by atoms with E-state index in [0.29, 0.717) is 6.04 Å². The highest BCUT2D eigenvalue weighted by atomic mass is 16.6. The smallest absolute Gasteiger partial charge is 0.269 e. The SMILES string of the molecule is CC(Cc1cccc([N+](=O)[O-])c1)N1CCNCC1. The van der Waals surface area contributed by atoms with Gasteiger partial charge in [0.15, 0.2) is 0 Å². The van der Waals surface area contributed by atoms with Crippen molar-refractivity contribution in [1.82, 2.24) is 10.2 Å². The molecule has 1 aromatic carbocycles. The van der Waals surface area contributed by atoms with Gasteiger partial charge in [-0.15, -0.1) is 0 Å². The van der Waals surface area contributed by atoms with E-state index in [4.69, 9.17) is 0 Å². The number of nitrogens with one attached hydrogen (secondary N) is 1. The number of rotatable bonds is 4. The summed E-state index contributed by atoms with van der Waals surface area (Å²) in [6, 6.07) is 7.37. The van der Waals surface area contributed by atoms with E-state index in [-0.39, 0.29) is 10.6 Å². The van der Waals surface area contributed by atoms with Gasteiger partial charge in [0, 0.05) is 44.4 Å². The molecule has 2 rings (SSSR count). The summed E-state index contributed by atoms with van der Waals surface area (Å²) in [7, 11) is 0. The first kappa shape index (κ1) is 13.0. The van der Waals surface area contributed by atoms with E-state index in [2.05, 4.69) is 17.1 Å². The molecule has 1 saturated heterocycles. The highest BCUT2D eigenvalue weighted by Crippen LogP contribution is 2.16. The standard InChI is InChI=1S/C13H19N3O2/c1-11(15-7-5-14-6-8-15)9-12-3-2-4-13(10-12)16(17)18/h2-4,10-11,14H,5-9H2,1H3. The highest BCUT2D eigenvalue weighted by Gasteiger charge is 2.17. The minimum Gasteiger partial charge on any atom is -0.314 e. The highest BCUT2D eigenvalue weighted by molar-refractivity contribution is 5.34. The Hall–Kier alpha value is -1.46. The Morgan fingerprint density at radius 1 is 1.44 bits per heavy atom. The third-order valence-corrected chi connectivity index (χ3v) is 3.43. The van der Waals surface area contributed by atoms with Crippen LogP contribution in [0.3, 0.4) is 0 Å². The van der Waals surface area contributed by atoms with Gasteiger partial charge in [-0.05, 0) is 18.9 Å². The van der Waals surface area contributed by atoms with E-state index in [0.717, 1.165) is 38.2 Å². The normalized spacial score (nSPS) is 18.5. The number of piperazine rings is 1. The van der Waals surface area contributed by atoms with Crippen LogP contribution in [-0.4, -0.2) is 42.0 Å². The Morgan fingerprint density at radius 3 is 2.83 bits per heavy atom. The number of nitrogens with zero attached hydrogens (tertiary/aromatic N) is 2. The Morgan fingerprint density at radius 2 is 2.17 bits per heavy atom. The maximum Gasteiger partial charge on any atom is 0.269 e. The zero-order valence-electron chi connectivity index (χ0n) is 10.6. The van der Waals surface area contributed by atoms with Crippen molar-refractivity contribution in [2.75, 3.05) is 26.2 Å². The van der Waals surface area contributed by atoms with Crippen molar-refractivity contribution in [2.45, 2.75) is 19.4 Å². The van der Waals surface area contributed by atoms with Gasteiger partial charge < -0.3 is 5.32 Å². The number of hydrogen-bond acceptors (Lipinski definition) is 4. The van der Waals surface area contributed by atoms with Crippen LogP contribution in [0.25, 0.3) is 0 Å². The molecule has 1 aliphatic rings. The van der Waals surface area contributed by atoms with Crippen molar-refractivity contribution in [3.63, 3.8) is 0 Å². The van der Waals surface area contributed by atoms with Gasteiger partial charge in [-0.3, -0.25) is 15.0 Å². The molecule has 1 N–H and O–H groups in total. The van der Waals surface area contributed by atoms with Crippen LogP contribution in [0.1, 0.15) is 12.5 Å². The third kappa shape index (κ3) is 3.27. The number of hydrogen-bond donors (Lipinski definition) is 1. The summed E-state index contributed by atoms with van der Waals surface area (Å²) < 4.78 is 0. The second-order valence-electron chi connectivity index (χ2n) is 4.77. The largest absolute Gasteiger partial charge is 0.314 e. The van der Waals surface area contributed by atoms with Gasteiger partial charge in [0.25, 0.3) is 5.69 Å². The van der Waals surface area contributed by atoms with Gasteiger partial charge in [-0.25, -0.2) is 0 Å². The molecule has 1 aliphatic heterocycles. The summed E-state index contributed by atoms with van der Waals surface area (Å²) in [4.78, 5) is 12.8. The molecule has 5 heteroatoms. The maximum absolute atomic E-state index is 10.7. The van der Waals surface area contributed by atoms with E-state index in [1.807, 2.05) is 6.07 Å². The molecular weight excluding hydrogens is 230 g/mol. The van der Waals surface area contributed by atoms with Crippen LogP contribution in [-0.2, 0) is 6.42 Å². The molecule has 0 aromatic heterocycles. The molecular formula is C13H19N3O2. The molecule has 98 valence electrons. The molecule has 18 heavy (non-hydrogen) atoms. The summed E-state index contributed by atoms with van der Waals surface area (Å²) >= 11 is 0. The van der Waals surface area contributed by atoms with Gasteiger partial charge in [-0.1, -0.05) is 12.1 Å². The second-order valence-corrected chi connectivity index (χ2v) is 4.77. The summed E-state index contributed by atoms with van der Waals surface area (Å²) in [6.45, 7) is 6.34. The summed E-state index contributed by atoms with van der Waals surface area (Å²) in [6.07, 6.45) is 0.863. The fourth-order valence-corrected chi connectivity index (χ4v) is 2.39. The predicted molar refractivity (Wildman–Crippen MR) is 70.7 cm³/mol. The lowest BCUT2D eigenvalue weighted by molar-refractivity contribution is -0.384. The molecule has 1 fully saturated rings. The van der Waals surface area contributed by atoms with Crippen molar-refractivity contribution < 1.29 is 4.92 Å². The minimum absolute atomic E-state index is 0.181. The summed E-state index contributed by atoms with van der Waals surface area (Å²) in [5, 5.41) is 14.1. The van der Waals surface area contributed by atoms with Gasteiger partial charge >= 0.3 is 0 Å². The quantitative estimate of drug-likeness (QED) is 0.648. The van der Waals surface area contributed by atoms with E-state index in [1.165, 1.54) is 0 Å². The maximum atomic E-state index is 10.7. The lowest BCUT2D eigenvalue weighted by Gasteiger charge is -2.32. The summed E-state index contributed by atoms with van der Waals surface area (Å²) in [5.74, 6) is 0. The van der Waals surface area contributed by atoms with Crippen LogP contribution in [0.2, 0.25) is 0 Å². The first-order chi connectivity index (χ1) is 8.66. The Labute approximate surface area is 107 Å². The Balaban J connectivity index is 1.99. The van der Waals surface area contributed by atoms with E-state index >= 15 is 0 Å². The second kappa shape index (κ2) is 5.93. The van der Waals surface area contributed by atoms with E-state index in [9.17, 15) is 10.1 Å². The predicted octanol–water partition coefficient (Wildman–Crippen LogP) is 1.43. The number of benzene rings is 1. The first-order valence-electron chi connectivity index (χ1n) is 6.35. The Bertz CT molecular complexity index is 416. The van der Waals surface area contributed by atoms with Crippen molar-refractivity contribution in [3.05, 3.63) is 39.9 Å². The lowest BCUT2D eigenvalue weighted by Crippen LogP contribution is -2.48. The third-order valence-electron chi connectivity index (χ3n) is 3.43. The fraction of sp³-hybridized carbons (Fsp3) is 0.538. The summed E-state index contributed by atoms with van der Waals surface area (Å²) in [5.41, 5.74) is 1.22. The Kier molecular flexibility index (Phi) is 4.28. The number of non-ortho nitro benzene ring substituents is 1. The van der Waals surface area contributed by atoms with Crippen LogP contribution in [0.4, 0.5) is 5.69 Å². The average Bonchev–Trinajstić information content (AvgIpc) is 2.40. The molecule has 1 aromatic rings. The van der Waals surface area contributed by atoms with Crippen molar-refractivity contribution >= 4 is 5.69 Å². The van der Waals surface area contributed by atoms with Gasteiger partial charge in [0.1, 0.15) is 0 Å². The molecule has 0 bridgehead atoms. The van der Waals surface area contributed by atoms with E-state index in [1.54, 1.807) is 18.2 Å². The zero-order chi connectivity index (χ0) is 13.0. The fourth-order valence-electron chi connectivity index (χ4n) is 2.39. The molecule has 1 unspecified atom stereocenters. The molecule has 1 heterocycles. The topological polar surface area (TPSA) is 58.4 Å². The average molecular weight is 249 g/mol. The molecule has 0 amide bonds. The number of nitro benzene ring substituents is 1. The van der Waals surface area contributed by atoms with Crippen molar-refractivity contribution in [3.8, 4) is 0 Å². The molecule has 0 radical (unpaired) electrons. The van der Waals surface area contributed by atoms with Crippen LogP contribution in [0.15, 0.2) is 24.3 Å². The molecule has 0 saturated carbocycles. The van der Waals surface area contributed by atoms with Crippen LogP contribution >= 0.6 is 0 Å². The first-order valence-corrected chi connectivity index (χ1v) is 6.35. The molecule has 1 atom stereocenters. The van der Waals surface area contributed by atoms with Gasteiger partial charge in [0.05, 0.1) is 4.92 Å². The molecule has 0 spiro atoms.